The van der Waals surface area contributed by atoms with E-state index in [1.165, 1.54) is 0 Å². The molecule has 0 amide bonds. The number of hydrogen-bond acceptors (Lipinski definition) is 6. The van der Waals surface area contributed by atoms with Crippen LogP contribution in [0.15, 0.2) is 22.7 Å². The Hall–Kier alpha value is -1.44. The summed E-state index contributed by atoms with van der Waals surface area (Å²) in [4.78, 5) is 11.7. The van der Waals surface area contributed by atoms with Crippen molar-refractivity contribution < 1.29 is 23.5 Å². The van der Waals surface area contributed by atoms with Gasteiger partial charge >= 0.3 is 0 Å². The van der Waals surface area contributed by atoms with E-state index in [4.69, 9.17) is 41.9 Å². The molecule has 3 atom stereocenters. The van der Waals surface area contributed by atoms with Gasteiger partial charge in [-0.05, 0) is 25.0 Å². The van der Waals surface area contributed by atoms with Gasteiger partial charge in [0.05, 0.1) is 23.3 Å². The van der Waals surface area contributed by atoms with Crippen molar-refractivity contribution in [3.8, 4) is 11.3 Å². The topological polar surface area (TPSA) is 70.8 Å². The summed E-state index contributed by atoms with van der Waals surface area (Å²) < 4.78 is 22.8. The normalized spacial score (nSPS) is 27.3. The summed E-state index contributed by atoms with van der Waals surface area (Å²) in [5, 5.41) is 5.27. The van der Waals surface area contributed by atoms with Crippen molar-refractivity contribution in [2.75, 3.05) is 13.2 Å². The highest BCUT2D eigenvalue weighted by Gasteiger charge is 2.48. The molecule has 0 spiro atoms. The average molecular weight is 410 g/mol. The first-order valence-electron chi connectivity index (χ1n) is 8.94. The van der Waals surface area contributed by atoms with Gasteiger partial charge in [-0.2, -0.15) is 0 Å². The van der Waals surface area contributed by atoms with E-state index < -0.39 is 6.10 Å². The average Bonchev–Trinajstić information content (AvgIpc) is 3.12. The van der Waals surface area contributed by atoms with Crippen molar-refractivity contribution >= 4 is 29.0 Å². The number of aromatic nitrogens is 1. The fourth-order valence-corrected chi connectivity index (χ4v) is 4.27. The third-order valence-electron chi connectivity index (χ3n) is 5.25. The Kier molecular flexibility index (Phi) is 4.49. The van der Waals surface area contributed by atoms with E-state index in [0.29, 0.717) is 33.8 Å². The Morgan fingerprint density at radius 3 is 2.70 bits per heavy atom. The molecule has 2 aliphatic heterocycles. The van der Waals surface area contributed by atoms with Gasteiger partial charge in [0.1, 0.15) is 36.4 Å². The lowest BCUT2D eigenvalue weighted by Gasteiger charge is -2.16. The Morgan fingerprint density at radius 2 is 1.96 bits per heavy atom. The van der Waals surface area contributed by atoms with Crippen LogP contribution in [0, 0.1) is 0 Å². The van der Waals surface area contributed by atoms with Gasteiger partial charge < -0.3 is 18.7 Å². The maximum Gasteiger partial charge on any atom is 0.189 e. The monoisotopic (exact) mass is 409 g/mol. The van der Waals surface area contributed by atoms with E-state index in [2.05, 4.69) is 5.16 Å². The maximum absolute atomic E-state index is 11.7. The predicted molar refractivity (Wildman–Crippen MR) is 97.0 cm³/mol. The van der Waals surface area contributed by atoms with E-state index in [1.807, 2.05) is 0 Å². The molecule has 6 nitrogen and oxygen atoms in total. The van der Waals surface area contributed by atoms with Gasteiger partial charge in [-0.1, -0.05) is 34.4 Å². The molecule has 8 heteroatoms. The molecule has 2 aromatic rings. The fraction of sp³-hybridized carbons (Fsp3) is 0.474. The van der Waals surface area contributed by atoms with Crippen LogP contribution in [0.5, 0.6) is 0 Å². The lowest BCUT2D eigenvalue weighted by Crippen LogP contribution is -2.31. The second kappa shape index (κ2) is 6.87. The molecule has 27 heavy (non-hydrogen) atoms. The van der Waals surface area contributed by atoms with Crippen molar-refractivity contribution in [1.82, 2.24) is 5.16 Å². The fourth-order valence-electron chi connectivity index (χ4n) is 3.70. The molecule has 1 unspecified atom stereocenters. The Labute approximate surface area is 165 Å². The first-order chi connectivity index (χ1) is 13.1. The Balaban J connectivity index is 1.43. The lowest BCUT2D eigenvalue weighted by molar-refractivity contribution is -0.125. The van der Waals surface area contributed by atoms with Gasteiger partial charge in [-0.3, -0.25) is 4.79 Å². The van der Waals surface area contributed by atoms with Crippen LogP contribution in [0.3, 0.4) is 0 Å². The quantitative estimate of drug-likeness (QED) is 0.748. The highest BCUT2D eigenvalue weighted by molar-refractivity contribution is 6.39. The molecular formula is C19H17Cl2NO5. The molecule has 3 heterocycles. The molecule has 1 aromatic heterocycles. The highest BCUT2D eigenvalue weighted by Crippen LogP contribution is 2.46. The standard InChI is InChI=1S/C19H17Cl2NO5/c20-11-2-1-3-12(21)15(11)16-10(17(27-22-16)9-4-5-9)6-24-14-8-26-18-13(23)7-25-19(14)18/h1-3,9,14,18-19H,4-8H2/t14?,18-,19-/m1/s1. The van der Waals surface area contributed by atoms with Crippen LogP contribution in [-0.4, -0.2) is 42.5 Å². The minimum atomic E-state index is -0.516. The predicted octanol–water partition coefficient (Wildman–Crippen LogP) is 3.78. The molecule has 0 bridgehead atoms. The van der Waals surface area contributed by atoms with Gasteiger partial charge in [-0.25, -0.2) is 0 Å². The van der Waals surface area contributed by atoms with E-state index in [9.17, 15) is 4.79 Å². The number of halogens is 2. The Bertz CT molecular complexity index is 874. The van der Waals surface area contributed by atoms with Gasteiger partial charge in [0.25, 0.3) is 0 Å². The Morgan fingerprint density at radius 1 is 1.19 bits per heavy atom. The summed E-state index contributed by atoms with van der Waals surface area (Å²) in [6, 6.07) is 5.33. The third kappa shape index (κ3) is 3.09. The summed E-state index contributed by atoms with van der Waals surface area (Å²) in [6.45, 7) is 0.671. The number of carbonyl (C=O) groups is 1. The molecule has 142 valence electrons. The van der Waals surface area contributed by atoms with Gasteiger partial charge in [-0.15, -0.1) is 0 Å². The number of nitrogens with zero attached hydrogens (tertiary/aromatic N) is 1. The number of hydrogen-bond donors (Lipinski definition) is 0. The van der Waals surface area contributed by atoms with Crippen LogP contribution in [-0.2, 0) is 25.6 Å². The largest absolute Gasteiger partial charge is 0.368 e. The second-order valence-corrected chi connectivity index (χ2v) is 7.90. The van der Waals surface area contributed by atoms with Crippen molar-refractivity contribution in [2.24, 2.45) is 0 Å². The number of fused-ring (bicyclic) bond motifs is 1. The molecule has 3 fully saturated rings. The number of Topliss-reactive ketones (excluding diaryl/α,β-unsaturated/α-hetero) is 1. The third-order valence-corrected chi connectivity index (χ3v) is 5.88. The lowest BCUT2D eigenvalue weighted by atomic mass is 10.0. The van der Waals surface area contributed by atoms with Crippen LogP contribution >= 0.6 is 23.2 Å². The first kappa shape index (κ1) is 17.6. The summed E-state index contributed by atoms with van der Waals surface area (Å²) in [6.07, 6.45) is 0.948. The number of carbonyl (C=O) groups excluding carboxylic acids is 1. The molecule has 1 saturated carbocycles. The summed E-state index contributed by atoms with van der Waals surface area (Å²) in [5.74, 6) is 1.14. The van der Waals surface area contributed by atoms with Crippen LogP contribution in [0.2, 0.25) is 10.0 Å². The molecular weight excluding hydrogens is 393 g/mol. The van der Waals surface area contributed by atoms with Gasteiger partial charge in [0, 0.05) is 17.0 Å². The number of ether oxygens (including phenoxy) is 3. The van der Waals surface area contributed by atoms with Crippen LogP contribution in [0.1, 0.15) is 30.1 Å². The van der Waals surface area contributed by atoms with Crippen LogP contribution < -0.4 is 0 Å². The SMILES string of the molecule is O=C1CO[C@@H]2C(OCc3c(-c4c(Cl)cccc4Cl)noc3C3CC3)CO[C@H]12. The minimum Gasteiger partial charge on any atom is -0.368 e. The number of rotatable bonds is 5. The van der Waals surface area contributed by atoms with E-state index in [0.717, 1.165) is 24.2 Å². The first-order valence-corrected chi connectivity index (χ1v) is 9.69. The van der Waals surface area contributed by atoms with Crippen molar-refractivity contribution in [1.29, 1.82) is 0 Å². The molecule has 2 saturated heterocycles. The summed E-state index contributed by atoms with van der Waals surface area (Å²) in [5.41, 5.74) is 2.09. The minimum absolute atomic E-state index is 0.0294. The smallest absolute Gasteiger partial charge is 0.189 e. The van der Waals surface area contributed by atoms with Crippen LogP contribution in [0.4, 0.5) is 0 Å². The van der Waals surface area contributed by atoms with Gasteiger partial charge in [0.15, 0.2) is 5.78 Å². The molecule has 1 aromatic carbocycles. The summed E-state index contributed by atoms with van der Waals surface area (Å²) in [7, 11) is 0. The maximum atomic E-state index is 11.7. The molecule has 0 N–H and O–H groups in total. The van der Waals surface area contributed by atoms with E-state index in [1.54, 1.807) is 18.2 Å². The van der Waals surface area contributed by atoms with Crippen molar-refractivity contribution in [2.45, 2.75) is 43.7 Å². The summed E-state index contributed by atoms with van der Waals surface area (Å²) >= 11 is 12.7. The zero-order valence-corrected chi connectivity index (χ0v) is 15.8. The highest BCUT2D eigenvalue weighted by atomic mass is 35.5. The van der Waals surface area contributed by atoms with Crippen LogP contribution in [0.25, 0.3) is 11.3 Å². The second-order valence-electron chi connectivity index (χ2n) is 7.09. The molecule has 5 rings (SSSR count). The van der Waals surface area contributed by atoms with Crippen molar-refractivity contribution in [3.63, 3.8) is 0 Å². The number of ketones is 1. The van der Waals surface area contributed by atoms with E-state index in [-0.39, 0.29) is 31.2 Å². The van der Waals surface area contributed by atoms with E-state index >= 15 is 0 Å². The molecule has 1 aliphatic carbocycles. The number of benzene rings is 1. The van der Waals surface area contributed by atoms with Gasteiger partial charge in [0.2, 0.25) is 0 Å². The van der Waals surface area contributed by atoms with Crippen molar-refractivity contribution in [3.05, 3.63) is 39.6 Å². The zero-order valence-electron chi connectivity index (χ0n) is 14.3. The zero-order chi connectivity index (χ0) is 18.5. The molecule has 3 aliphatic rings. The molecule has 0 radical (unpaired) electrons.